The van der Waals surface area contributed by atoms with Crippen LogP contribution in [0.15, 0.2) is 0 Å². The monoisotopic (exact) mass is 59.0 g/mol. The molecule has 2 heteroatoms. The molecule has 0 fully saturated rings. The van der Waals surface area contributed by atoms with Gasteiger partial charge in [0.25, 0.3) is 0 Å². The van der Waals surface area contributed by atoms with Crippen LogP contribution >= 0.6 is 0 Å². The molecule has 0 aromatic heterocycles. The largest absolute Gasteiger partial charge is 0.400 e. The van der Waals surface area contributed by atoms with Crippen molar-refractivity contribution in [2.75, 3.05) is 7.11 Å². The molecule has 0 saturated heterocycles. The zero-order valence-corrected chi connectivity index (χ0v) is 2.47. The Hall–Kier alpha value is -0.550. The van der Waals surface area contributed by atoms with Crippen LogP contribution in [-0.2, 0) is 0 Å². The van der Waals surface area contributed by atoms with Crippen LogP contribution in [0.5, 0.6) is 0 Å². The van der Waals surface area contributed by atoms with E-state index in [0.717, 1.165) is 7.11 Å². The first-order valence-electron chi connectivity index (χ1n) is 0.705. The molecular formula is C2H5NO. The third-order valence-corrected chi connectivity index (χ3v) is 0. The second-order valence-electron chi connectivity index (χ2n) is 0. The molecule has 0 rings (SSSR count). The molecule has 0 amide bonds. The van der Waals surface area contributed by atoms with E-state index >= 15 is 0 Å². The Kier molecular flexibility index (Phi) is 41.9. The lowest BCUT2D eigenvalue weighted by Gasteiger charge is -1.21. The molecule has 0 aromatic carbocycles. The van der Waals surface area contributed by atoms with Crippen molar-refractivity contribution in [1.82, 2.24) is 0 Å². The van der Waals surface area contributed by atoms with Gasteiger partial charge in [0.1, 0.15) is 0 Å². The summed E-state index contributed by atoms with van der Waals surface area (Å²) in [5, 5.41) is 13.5. The average molecular weight is 59.1 g/mol. The molecular weight excluding hydrogens is 54.0 g/mol. The molecule has 2 nitrogen and oxygen atoms in total. The second kappa shape index (κ2) is 17.0. The van der Waals surface area contributed by atoms with Crippen molar-refractivity contribution in [1.29, 1.82) is 5.26 Å². The first-order valence-corrected chi connectivity index (χ1v) is 0.705. The van der Waals surface area contributed by atoms with Crippen LogP contribution in [0.2, 0.25) is 0 Å². The summed E-state index contributed by atoms with van der Waals surface area (Å²) >= 11 is 0. The fourth-order valence-electron chi connectivity index (χ4n) is 0. The van der Waals surface area contributed by atoms with E-state index in [0.29, 0.717) is 0 Å². The minimum absolute atomic E-state index is 1.00. The number of hydrogen-bond donors (Lipinski definition) is 1. The van der Waals surface area contributed by atoms with Gasteiger partial charge in [0.15, 0.2) is 0 Å². The lowest BCUT2D eigenvalue weighted by molar-refractivity contribution is 0.399. The molecule has 0 aliphatic carbocycles. The van der Waals surface area contributed by atoms with Gasteiger partial charge in [-0.2, -0.15) is 0 Å². The van der Waals surface area contributed by atoms with Crippen molar-refractivity contribution in [3.8, 4) is 6.57 Å². The van der Waals surface area contributed by atoms with Crippen molar-refractivity contribution in [2.45, 2.75) is 0 Å². The smallest absolute Gasteiger partial charge is 0.0462 e. The number of rotatable bonds is 0. The van der Waals surface area contributed by atoms with E-state index in [9.17, 15) is 0 Å². The van der Waals surface area contributed by atoms with Crippen LogP contribution in [0.25, 0.3) is 0 Å². The lowest BCUT2D eigenvalue weighted by Crippen LogP contribution is -1.25. The summed E-state index contributed by atoms with van der Waals surface area (Å²) in [6.45, 7) is 3.50. The highest BCUT2D eigenvalue weighted by atomic mass is 16.2. The molecule has 0 atom stereocenters. The normalized spacial score (nSPS) is 2.00. The van der Waals surface area contributed by atoms with E-state index < -0.39 is 0 Å². The standard InChI is InChI=1S/CHN.CH4O/c2*1-2/h1H;2H,1H3. The molecule has 0 radical (unpaired) electrons. The topological polar surface area (TPSA) is 44.0 Å². The number of nitriles is 1. The summed E-state index contributed by atoms with van der Waals surface area (Å²) in [6.07, 6.45) is 0. The predicted molar refractivity (Wildman–Crippen MR) is 14.8 cm³/mol. The van der Waals surface area contributed by atoms with E-state index in [2.05, 4.69) is 6.57 Å². The fourth-order valence-corrected chi connectivity index (χ4v) is 0. The molecule has 0 saturated carbocycles. The van der Waals surface area contributed by atoms with E-state index in [1.807, 2.05) is 0 Å². The molecule has 0 heterocycles. The number of aliphatic hydroxyl groups is 1. The summed E-state index contributed by atoms with van der Waals surface area (Å²) in [5.74, 6) is 0. The molecule has 0 aliphatic heterocycles. The second-order valence-corrected chi connectivity index (χ2v) is 0. The van der Waals surface area contributed by atoms with Crippen molar-refractivity contribution in [3.05, 3.63) is 0 Å². The maximum absolute atomic E-state index is 7.00. The minimum atomic E-state index is 1.00. The molecule has 0 aliphatic rings. The number of nitrogens with zero attached hydrogens (tertiary/aromatic N) is 1. The number of hydrogen-bond acceptors (Lipinski definition) is 2. The predicted octanol–water partition coefficient (Wildman–Crippen LogP) is -0.252. The Balaban J connectivity index is 0. The van der Waals surface area contributed by atoms with Crippen LogP contribution in [0.4, 0.5) is 0 Å². The van der Waals surface area contributed by atoms with Crippen LogP contribution in [0.1, 0.15) is 0 Å². The van der Waals surface area contributed by atoms with Gasteiger partial charge in [0, 0.05) is 13.7 Å². The highest BCUT2D eigenvalue weighted by Crippen LogP contribution is 0.755. The van der Waals surface area contributed by atoms with Gasteiger partial charge in [0.2, 0.25) is 0 Å². The van der Waals surface area contributed by atoms with Crippen molar-refractivity contribution in [3.63, 3.8) is 0 Å². The first kappa shape index (κ1) is 9.85. The van der Waals surface area contributed by atoms with Gasteiger partial charge in [-0.25, -0.2) is 5.26 Å². The number of aliphatic hydroxyl groups excluding tert-OH is 1. The van der Waals surface area contributed by atoms with E-state index in [1.165, 1.54) is 0 Å². The van der Waals surface area contributed by atoms with Crippen LogP contribution in [0.3, 0.4) is 0 Å². The Morgan fingerprint density at radius 3 is 1.50 bits per heavy atom. The maximum atomic E-state index is 7.00. The summed E-state index contributed by atoms with van der Waals surface area (Å²) in [6, 6.07) is 0. The van der Waals surface area contributed by atoms with Crippen LogP contribution in [-0.4, -0.2) is 12.2 Å². The summed E-state index contributed by atoms with van der Waals surface area (Å²) in [4.78, 5) is 0. The van der Waals surface area contributed by atoms with Gasteiger partial charge in [-0.3, -0.25) is 0 Å². The van der Waals surface area contributed by atoms with Gasteiger partial charge in [-0.1, -0.05) is 0 Å². The molecule has 4 heavy (non-hydrogen) atoms. The van der Waals surface area contributed by atoms with Crippen LogP contribution < -0.4 is 0 Å². The van der Waals surface area contributed by atoms with Crippen molar-refractivity contribution < 1.29 is 5.11 Å². The molecule has 0 bridgehead atoms. The third kappa shape index (κ3) is 0.971. The SMILES string of the molecule is C#N.CO. The zero-order valence-electron chi connectivity index (χ0n) is 2.47. The molecule has 1 N–H and O–H groups in total. The summed E-state index contributed by atoms with van der Waals surface area (Å²) < 4.78 is 0. The van der Waals surface area contributed by atoms with Gasteiger partial charge in [-0.15, -0.1) is 0 Å². The van der Waals surface area contributed by atoms with Gasteiger partial charge >= 0.3 is 0 Å². The zero-order chi connectivity index (χ0) is 4.00. The molecule has 0 spiro atoms. The fraction of sp³-hybridized carbons (Fsp3) is 0.500. The van der Waals surface area contributed by atoms with E-state index in [-0.39, 0.29) is 0 Å². The van der Waals surface area contributed by atoms with Crippen LogP contribution in [0, 0.1) is 11.8 Å². The van der Waals surface area contributed by atoms with E-state index in [1.54, 1.807) is 0 Å². The summed E-state index contributed by atoms with van der Waals surface area (Å²) in [7, 11) is 1.00. The Bertz CT molecular complexity index is 10.8. The lowest BCUT2D eigenvalue weighted by atomic mass is 11.8. The Labute approximate surface area is 25.3 Å². The van der Waals surface area contributed by atoms with Gasteiger partial charge < -0.3 is 5.11 Å². The highest BCUT2D eigenvalue weighted by molar-refractivity contribution is 4.03. The van der Waals surface area contributed by atoms with Crippen molar-refractivity contribution in [2.24, 2.45) is 0 Å². The molecule has 24 valence electrons. The summed E-state index contributed by atoms with van der Waals surface area (Å²) in [5.41, 5.74) is 0. The quantitative estimate of drug-likeness (QED) is 0.418. The van der Waals surface area contributed by atoms with Gasteiger partial charge in [-0.05, 0) is 0 Å². The van der Waals surface area contributed by atoms with E-state index in [4.69, 9.17) is 10.4 Å². The molecule has 0 unspecified atom stereocenters. The maximum Gasteiger partial charge on any atom is 0.0462 e. The Morgan fingerprint density at radius 2 is 1.50 bits per heavy atom. The third-order valence-electron chi connectivity index (χ3n) is 0. The van der Waals surface area contributed by atoms with Gasteiger partial charge in [0.05, 0.1) is 0 Å². The van der Waals surface area contributed by atoms with Crippen molar-refractivity contribution >= 4 is 0 Å². The highest BCUT2D eigenvalue weighted by Gasteiger charge is 0.839. The average Bonchev–Trinajstić information content (AvgIpc) is 1.50. The minimum Gasteiger partial charge on any atom is -0.400 e. The Morgan fingerprint density at radius 1 is 1.50 bits per heavy atom. The molecule has 0 aromatic rings. The first-order chi connectivity index (χ1) is 2.00.